The second kappa shape index (κ2) is 11.8. The Morgan fingerprint density at radius 1 is 1.42 bits per heavy atom. The Hall–Kier alpha value is -0.700. The van der Waals surface area contributed by atoms with Crippen molar-refractivity contribution in [3.63, 3.8) is 0 Å². The van der Waals surface area contributed by atoms with Gasteiger partial charge in [-0.3, -0.25) is 0 Å². The summed E-state index contributed by atoms with van der Waals surface area (Å²) in [5.41, 5.74) is 0. The van der Waals surface area contributed by atoms with Gasteiger partial charge in [-0.05, 0) is 44.6 Å². The summed E-state index contributed by atoms with van der Waals surface area (Å²) in [7, 11) is 0. The number of rotatable bonds is 7. The lowest BCUT2D eigenvalue weighted by atomic mass is 10.2. The van der Waals surface area contributed by atoms with Gasteiger partial charge in [-0.1, -0.05) is 12.1 Å². The molecule has 136 valence electrons. The first-order valence-electron chi connectivity index (χ1n) is 8.24. The number of guanidine groups is 1. The molecule has 4 nitrogen and oxygen atoms in total. The van der Waals surface area contributed by atoms with Crippen LogP contribution in [0.15, 0.2) is 29.3 Å². The van der Waals surface area contributed by atoms with Crippen LogP contribution < -0.4 is 15.4 Å². The molecule has 2 unspecified atom stereocenters. The van der Waals surface area contributed by atoms with E-state index in [0.29, 0.717) is 11.8 Å². The molecule has 0 bridgehead atoms. The molecular formula is C17H27FIN3OS. The molecule has 1 aromatic carbocycles. The van der Waals surface area contributed by atoms with Crippen molar-refractivity contribution in [2.75, 3.05) is 25.4 Å². The maximum atomic E-state index is 13.6. The number of thioether (sulfide) groups is 1. The highest BCUT2D eigenvalue weighted by atomic mass is 127. The third-order valence-electron chi connectivity index (χ3n) is 3.54. The van der Waals surface area contributed by atoms with Gasteiger partial charge >= 0.3 is 0 Å². The smallest absolute Gasteiger partial charge is 0.191 e. The summed E-state index contributed by atoms with van der Waals surface area (Å²) in [5.74, 6) is 1.99. The largest absolute Gasteiger partial charge is 0.486 e. The molecule has 1 aromatic rings. The normalized spacial score (nSPS) is 18.6. The number of nitrogens with zero attached hydrogens (tertiary/aromatic N) is 1. The highest BCUT2D eigenvalue weighted by Crippen LogP contribution is 2.25. The lowest BCUT2D eigenvalue weighted by molar-refractivity contribution is 0.220. The number of hydrogen-bond acceptors (Lipinski definition) is 3. The van der Waals surface area contributed by atoms with Crippen LogP contribution in [0, 0.1) is 5.82 Å². The standard InChI is InChI=1S/C17H26FN3OS.HI/c1-3-19-17(21-12-14-7-6-10-23-14)20-11-13(2)22-16-9-5-4-8-15(16)18;/h4-5,8-9,13-14H,3,6-7,10-12H2,1-2H3,(H2,19,20,21);1H. The van der Waals surface area contributed by atoms with E-state index in [-0.39, 0.29) is 41.6 Å². The van der Waals surface area contributed by atoms with Crippen LogP contribution in [0.1, 0.15) is 26.7 Å². The van der Waals surface area contributed by atoms with Gasteiger partial charge in [0.05, 0.1) is 6.54 Å². The van der Waals surface area contributed by atoms with Crippen molar-refractivity contribution in [1.82, 2.24) is 10.6 Å². The zero-order valence-electron chi connectivity index (χ0n) is 14.3. The van der Waals surface area contributed by atoms with E-state index < -0.39 is 0 Å². The highest BCUT2D eigenvalue weighted by molar-refractivity contribution is 14.0. The molecule has 2 N–H and O–H groups in total. The van der Waals surface area contributed by atoms with Crippen molar-refractivity contribution < 1.29 is 9.13 Å². The van der Waals surface area contributed by atoms with E-state index in [1.165, 1.54) is 24.7 Å². The first-order valence-corrected chi connectivity index (χ1v) is 9.29. The van der Waals surface area contributed by atoms with Crippen LogP contribution in [0.5, 0.6) is 5.75 Å². The Labute approximate surface area is 165 Å². The number of hydrogen-bond donors (Lipinski definition) is 2. The molecule has 1 saturated heterocycles. The van der Waals surface area contributed by atoms with E-state index in [0.717, 1.165) is 19.0 Å². The van der Waals surface area contributed by atoms with Crippen LogP contribution in [0.4, 0.5) is 4.39 Å². The molecule has 0 spiro atoms. The predicted octanol–water partition coefficient (Wildman–Crippen LogP) is 3.66. The molecule has 0 aromatic heterocycles. The molecule has 0 saturated carbocycles. The van der Waals surface area contributed by atoms with Crippen molar-refractivity contribution in [3.05, 3.63) is 30.1 Å². The number of halogens is 2. The number of aliphatic imine (C=N–C) groups is 1. The van der Waals surface area contributed by atoms with E-state index in [4.69, 9.17) is 4.74 Å². The van der Waals surface area contributed by atoms with Gasteiger partial charge < -0.3 is 15.4 Å². The Balaban J connectivity index is 0.00000288. The van der Waals surface area contributed by atoms with Crippen LogP contribution in [-0.2, 0) is 0 Å². The minimum Gasteiger partial charge on any atom is -0.486 e. The number of ether oxygens (including phenoxy) is 1. The van der Waals surface area contributed by atoms with E-state index in [9.17, 15) is 4.39 Å². The maximum Gasteiger partial charge on any atom is 0.191 e. The highest BCUT2D eigenvalue weighted by Gasteiger charge is 2.15. The van der Waals surface area contributed by atoms with Crippen LogP contribution in [-0.4, -0.2) is 42.7 Å². The van der Waals surface area contributed by atoms with Crippen LogP contribution in [0.3, 0.4) is 0 Å². The van der Waals surface area contributed by atoms with E-state index in [1.807, 2.05) is 25.6 Å². The molecule has 1 fully saturated rings. The molecule has 1 heterocycles. The van der Waals surface area contributed by atoms with Gasteiger partial charge in [-0.2, -0.15) is 11.8 Å². The first-order chi connectivity index (χ1) is 11.2. The van der Waals surface area contributed by atoms with Gasteiger partial charge in [0.1, 0.15) is 6.10 Å². The summed E-state index contributed by atoms with van der Waals surface area (Å²) in [4.78, 5) is 4.54. The predicted molar refractivity (Wildman–Crippen MR) is 111 cm³/mol. The van der Waals surface area contributed by atoms with Crippen molar-refractivity contribution in [3.8, 4) is 5.75 Å². The second-order valence-corrected chi connectivity index (χ2v) is 7.00. The fraction of sp³-hybridized carbons (Fsp3) is 0.588. The van der Waals surface area contributed by atoms with Crippen LogP contribution in [0.2, 0.25) is 0 Å². The van der Waals surface area contributed by atoms with Gasteiger partial charge in [0.2, 0.25) is 0 Å². The summed E-state index contributed by atoms with van der Waals surface area (Å²) in [6.07, 6.45) is 2.38. The molecular weight excluding hydrogens is 440 g/mol. The summed E-state index contributed by atoms with van der Waals surface area (Å²) in [6, 6.07) is 6.45. The van der Waals surface area contributed by atoms with E-state index in [2.05, 4.69) is 15.6 Å². The molecule has 1 aliphatic heterocycles. The van der Waals surface area contributed by atoms with E-state index in [1.54, 1.807) is 18.2 Å². The summed E-state index contributed by atoms with van der Waals surface area (Å²) in [6.45, 7) is 6.15. The molecule has 0 radical (unpaired) electrons. The summed E-state index contributed by atoms with van der Waals surface area (Å²) in [5, 5.41) is 7.29. The zero-order valence-corrected chi connectivity index (χ0v) is 17.4. The molecule has 24 heavy (non-hydrogen) atoms. The average molecular weight is 467 g/mol. The monoisotopic (exact) mass is 467 g/mol. The van der Waals surface area contributed by atoms with Crippen molar-refractivity contribution in [2.24, 2.45) is 4.99 Å². The van der Waals surface area contributed by atoms with Gasteiger partial charge in [0, 0.05) is 18.3 Å². The molecule has 1 aliphatic rings. The van der Waals surface area contributed by atoms with Crippen molar-refractivity contribution in [1.29, 1.82) is 0 Å². The molecule has 7 heteroatoms. The van der Waals surface area contributed by atoms with E-state index >= 15 is 0 Å². The Bertz CT molecular complexity index is 512. The van der Waals surface area contributed by atoms with Crippen LogP contribution in [0.25, 0.3) is 0 Å². The second-order valence-electron chi connectivity index (χ2n) is 5.59. The van der Waals surface area contributed by atoms with Gasteiger partial charge in [-0.15, -0.1) is 24.0 Å². The molecule has 0 amide bonds. The third kappa shape index (κ3) is 7.46. The summed E-state index contributed by atoms with van der Waals surface area (Å²) < 4.78 is 19.2. The lowest BCUT2D eigenvalue weighted by Gasteiger charge is -2.17. The first kappa shape index (κ1) is 21.3. The van der Waals surface area contributed by atoms with Crippen molar-refractivity contribution in [2.45, 2.75) is 38.0 Å². The minimum absolute atomic E-state index is 0. The Morgan fingerprint density at radius 2 is 2.21 bits per heavy atom. The Morgan fingerprint density at radius 3 is 2.88 bits per heavy atom. The molecule has 2 atom stereocenters. The lowest BCUT2D eigenvalue weighted by Crippen LogP contribution is -2.40. The van der Waals surface area contributed by atoms with Crippen LogP contribution >= 0.6 is 35.7 Å². The summed E-state index contributed by atoms with van der Waals surface area (Å²) >= 11 is 2.02. The number of nitrogens with one attached hydrogen (secondary N) is 2. The number of benzene rings is 1. The van der Waals surface area contributed by atoms with Crippen molar-refractivity contribution >= 4 is 41.7 Å². The third-order valence-corrected chi connectivity index (χ3v) is 4.93. The van der Waals surface area contributed by atoms with Gasteiger partial charge in [0.25, 0.3) is 0 Å². The minimum atomic E-state index is -0.341. The number of para-hydroxylation sites is 1. The fourth-order valence-electron chi connectivity index (χ4n) is 2.37. The Kier molecular flexibility index (Phi) is 10.5. The molecule has 0 aliphatic carbocycles. The quantitative estimate of drug-likeness (QED) is 0.365. The van der Waals surface area contributed by atoms with Gasteiger partial charge in [-0.25, -0.2) is 9.38 Å². The fourth-order valence-corrected chi connectivity index (χ4v) is 3.57. The molecule has 2 rings (SSSR count). The zero-order chi connectivity index (χ0) is 16.5. The maximum absolute atomic E-state index is 13.6. The topological polar surface area (TPSA) is 45.7 Å². The SMILES string of the molecule is CCNC(=NCC(C)Oc1ccccc1F)NCC1CCCS1.I. The average Bonchev–Trinajstić information content (AvgIpc) is 3.06. The van der Waals surface area contributed by atoms with Gasteiger partial charge in [0.15, 0.2) is 17.5 Å².